The van der Waals surface area contributed by atoms with Gasteiger partial charge in [0.2, 0.25) is 0 Å². The highest BCUT2D eigenvalue weighted by atomic mass is 32.2. The predicted octanol–water partition coefficient (Wildman–Crippen LogP) is 2.09. The topological polar surface area (TPSA) is 71.8 Å². The Morgan fingerprint density at radius 1 is 1.36 bits per heavy atom. The molecule has 1 aromatic heterocycles. The van der Waals surface area contributed by atoms with Crippen LogP contribution in [-0.4, -0.2) is 37.8 Å². The smallest absolute Gasteiger partial charge is 0.315 e. The Bertz CT molecular complexity index is 516. The van der Waals surface area contributed by atoms with Gasteiger partial charge in [-0.15, -0.1) is 10.2 Å². The van der Waals surface area contributed by atoms with E-state index in [0.717, 1.165) is 49.6 Å². The molecule has 0 aromatic carbocycles. The van der Waals surface area contributed by atoms with Crippen LogP contribution in [-0.2, 0) is 19.5 Å². The molecule has 0 radical (unpaired) electrons. The third-order valence-corrected chi connectivity index (χ3v) is 5.69. The quantitative estimate of drug-likeness (QED) is 0.870. The molecule has 3 rings (SSSR count). The maximum atomic E-state index is 12.1. The number of rotatable bonds is 5. The SMILES string of the molecule is CCS[C@H]1CCC[C@@H](NC(=O)NCc2nnc3n2CCC3)C1. The molecule has 0 bridgehead atoms. The molecule has 0 unspecified atom stereocenters. The highest BCUT2D eigenvalue weighted by Crippen LogP contribution is 2.28. The van der Waals surface area contributed by atoms with Crippen LogP contribution >= 0.6 is 11.8 Å². The molecule has 2 N–H and O–H groups in total. The highest BCUT2D eigenvalue weighted by Gasteiger charge is 2.23. The molecule has 0 saturated heterocycles. The first-order valence-electron chi connectivity index (χ1n) is 8.33. The molecular weight excluding hydrogens is 298 g/mol. The van der Waals surface area contributed by atoms with Crippen molar-refractivity contribution < 1.29 is 4.79 Å². The second kappa shape index (κ2) is 7.35. The lowest BCUT2D eigenvalue weighted by molar-refractivity contribution is 0.232. The van der Waals surface area contributed by atoms with Gasteiger partial charge in [-0.05, 0) is 31.4 Å². The van der Waals surface area contributed by atoms with Gasteiger partial charge in [-0.1, -0.05) is 13.3 Å². The van der Waals surface area contributed by atoms with Crippen LogP contribution in [0.5, 0.6) is 0 Å². The molecule has 1 saturated carbocycles. The number of hydrogen-bond donors (Lipinski definition) is 2. The van der Waals surface area contributed by atoms with Crippen LogP contribution in [0.1, 0.15) is 50.7 Å². The van der Waals surface area contributed by atoms with E-state index in [1.165, 1.54) is 12.8 Å². The molecule has 6 nitrogen and oxygen atoms in total. The summed E-state index contributed by atoms with van der Waals surface area (Å²) >= 11 is 2.01. The summed E-state index contributed by atoms with van der Waals surface area (Å²) in [6, 6.07) is 0.226. The summed E-state index contributed by atoms with van der Waals surface area (Å²) in [6.07, 6.45) is 6.80. The first-order chi connectivity index (χ1) is 10.8. The first-order valence-corrected chi connectivity index (χ1v) is 9.38. The van der Waals surface area contributed by atoms with Gasteiger partial charge in [0.15, 0.2) is 5.82 Å². The van der Waals surface area contributed by atoms with Crippen molar-refractivity contribution in [3.63, 3.8) is 0 Å². The Labute approximate surface area is 135 Å². The van der Waals surface area contributed by atoms with Crippen LogP contribution in [0, 0.1) is 0 Å². The number of amides is 2. The van der Waals surface area contributed by atoms with Gasteiger partial charge in [0.05, 0.1) is 6.54 Å². The monoisotopic (exact) mass is 323 g/mol. The largest absolute Gasteiger partial charge is 0.335 e. The minimum absolute atomic E-state index is 0.0810. The number of hydrogen-bond acceptors (Lipinski definition) is 4. The molecule has 1 fully saturated rings. The first kappa shape index (κ1) is 15.6. The summed E-state index contributed by atoms with van der Waals surface area (Å²) in [7, 11) is 0. The Balaban J connectivity index is 1.44. The fourth-order valence-corrected chi connectivity index (χ4v) is 4.57. The van der Waals surface area contributed by atoms with Crippen molar-refractivity contribution in [3.05, 3.63) is 11.6 Å². The molecule has 22 heavy (non-hydrogen) atoms. The summed E-state index contributed by atoms with van der Waals surface area (Å²) < 4.78 is 2.12. The Hall–Kier alpha value is -1.24. The summed E-state index contributed by atoms with van der Waals surface area (Å²) in [5, 5.41) is 15.1. The second-order valence-corrected chi connectivity index (χ2v) is 7.63. The van der Waals surface area contributed by atoms with Crippen LogP contribution in [0.25, 0.3) is 0 Å². The van der Waals surface area contributed by atoms with Crippen molar-refractivity contribution in [3.8, 4) is 0 Å². The Morgan fingerprint density at radius 3 is 3.14 bits per heavy atom. The van der Waals surface area contributed by atoms with E-state index in [2.05, 4.69) is 32.3 Å². The Kier molecular flexibility index (Phi) is 5.23. The molecule has 2 amide bonds. The van der Waals surface area contributed by atoms with E-state index >= 15 is 0 Å². The normalized spacial score (nSPS) is 24.0. The molecule has 1 aliphatic heterocycles. The molecule has 2 atom stereocenters. The van der Waals surface area contributed by atoms with E-state index in [1.54, 1.807) is 0 Å². The third-order valence-electron chi connectivity index (χ3n) is 4.46. The van der Waals surface area contributed by atoms with Gasteiger partial charge in [0.1, 0.15) is 5.82 Å². The summed E-state index contributed by atoms with van der Waals surface area (Å²) in [4.78, 5) is 12.1. The number of thioether (sulfide) groups is 1. The lowest BCUT2D eigenvalue weighted by atomic mass is 9.95. The minimum atomic E-state index is -0.0810. The predicted molar refractivity (Wildman–Crippen MR) is 87.9 cm³/mol. The van der Waals surface area contributed by atoms with Gasteiger partial charge in [-0.3, -0.25) is 0 Å². The van der Waals surface area contributed by atoms with Gasteiger partial charge in [-0.25, -0.2) is 4.79 Å². The van der Waals surface area contributed by atoms with Crippen molar-refractivity contribution in [2.45, 2.75) is 69.8 Å². The van der Waals surface area contributed by atoms with E-state index in [0.29, 0.717) is 17.8 Å². The van der Waals surface area contributed by atoms with Crippen LogP contribution in [0.15, 0.2) is 0 Å². The van der Waals surface area contributed by atoms with E-state index in [9.17, 15) is 4.79 Å². The lowest BCUT2D eigenvalue weighted by Crippen LogP contribution is -2.44. The standard InChI is InChI=1S/C15H25N5OS/c1-2-22-12-6-3-5-11(9-12)17-15(21)16-10-14-19-18-13-7-4-8-20(13)14/h11-12H,2-10H2,1H3,(H2,16,17,21)/t11-,12+/m1/s1. The zero-order chi connectivity index (χ0) is 15.4. The number of aromatic nitrogens is 3. The molecule has 2 heterocycles. The zero-order valence-corrected chi connectivity index (χ0v) is 14.0. The number of fused-ring (bicyclic) bond motifs is 1. The van der Waals surface area contributed by atoms with Gasteiger partial charge in [-0.2, -0.15) is 11.8 Å². The fraction of sp³-hybridized carbons (Fsp3) is 0.800. The number of carbonyl (C=O) groups excluding carboxylic acids is 1. The molecule has 2 aliphatic rings. The summed E-state index contributed by atoms with van der Waals surface area (Å²) in [5.74, 6) is 3.07. The van der Waals surface area contributed by atoms with Crippen molar-refractivity contribution in [1.29, 1.82) is 0 Å². The van der Waals surface area contributed by atoms with Crippen molar-refractivity contribution in [2.75, 3.05) is 5.75 Å². The van der Waals surface area contributed by atoms with Crippen LogP contribution < -0.4 is 10.6 Å². The Morgan fingerprint density at radius 2 is 2.27 bits per heavy atom. The number of aryl methyl sites for hydroxylation is 1. The van der Waals surface area contributed by atoms with Gasteiger partial charge in [0, 0.05) is 24.3 Å². The van der Waals surface area contributed by atoms with E-state index < -0.39 is 0 Å². The molecule has 7 heteroatoms. The summed E-state index contributed by atoms with van der Waals surface area (Å²) in [6.45, 7) is 3.63. The molecule has 122 valence electrons. The summed E-state index contributed by atoms with van der Waals surface area (Å²) in [5.41, 5.74) is 0. The molecular formula is C15H25N5OS. The van der Waals surface area contributed by atoms with Crippen LogP contribution in [0.2, 0.25) is 0 Å². The van der Waals surface area contributed by atoms with Crippen LogP contribution in [0.4, 0.5) is 4.79 Å². The third kappa shape index (κ3) is 3.74. The number of urea groups is 1. The molecule has 1 aromatic rings. The number of carbonyl (C=O) groups is 1. The van der Waals surface area contributed by atoms with Crippen LogP contribution in [0.3, 0.4) is 0 Å². The van der Waals surface area contributed by atoms with Crippen molar-refractivity contribution >= 4 is 17.8 Å². The van der Waals surface area contributed by atoms with E-state index in [4.69, 9.17) is 0 Å². The second-order valence-electron chi connectivity index (χ2n) is 6.06. The lowest BCUT2D eigenvalue weighted by Gasteiger charge is -2.29. The van der Waals surface area contributed by atoms with E-state index in [-0.39, 0.29) is 6.03 Å². The number of nitrogens with zero attached hydrogens (tertiary/aromatic N) is 3. The van der Waals surface area contributed by atoms with Gasteiger partial charge >= 0.3 is 6.03 Å². The van der Waals surface area contributed by atoms with Gasteiger partial charge in [0.25, 0.3) is 0 Å². The minimum Gasteiger partial charge on any atom is -0.335 e. The van der Waals surface area contributed by atoms with E-state index in [1.807, 2.05) is 11.8 Å². The van der Waals surface area contributed by atoms with Gasteiger partial charge < -0.3 is 15.2 Å². The zero-order valence-electron chi connectivity index (χ0n) is 13.2. The van der Waals surface area contributed by atoms with Crippen molar-refractivity contribution in [2.24, 2.45) is 0 Å². The molecule has 0 spiro atoms. The highest BCUT2D eigenvalue weighted by molar-refractivity contribution is 7.99. The average Bonchev–Trinajstić information content (AvgIpc) is 3.09. The number of nitrogens with one attached hydrogen (secondary N) is 2. The molecule has 1 aliphatic carbocycles. The fourth-order valence-electron chi connectivity index (χ4n) is 3.40. The maximum Gasteiger partial charge on any atom is 0.315 e. The maximum absolute atomic E-state index is 12.1. The average molecular weight is 323 g/mol. The van der Waals surface area contributed by atoms with Crippen molar-refractivity contribution in [1.82, 2.24) is 25.4 Å².